The summed E-state index contributed by atoms with van der Waals surface area (Å²) in [7, 11) is -6.86. The Morgan fingerprint density at radius 2 is 1.33 bits per heavy atom. The Balaban J connectivity index is 2.53. The van der Waals surface area contributed by atoms with Gasteiger partial charge in [0.1, 0.15) is 0 Å². The molecule has 0 aliphatic rings. The highest BCUT2D eigenvalue weighted by Crippen LogP contribution is 2.32. The van der Waals surface area contributed by atoms with Gasteiger partial charge < -0.3 is 4.90 Å². The smallest absolute Gasteiger partial charge is 0.177 e. The lowest BCUT2D eigenvalue weighted by Gasteiger charge is -2.25. The van der Waals surface area contributed by atoms with Crippen molar-refractivity contribution in [2.75, 3.05) is 35.5 Å². The van der Waals surface area contributed by atoms with Gasteiger partial charge >= 0.3 is 0 Å². The van der Waals surface area contributed by atoms with Crippen LogP contribution >= 0.6 is 0 Å². The maximum Gasteiger partial charge on any atom is 0.177 e. The van der Waals surface area contributed by atoms with Crippen molar-refractivity contribution < 1.29 is 16.8 Å². The monoisotopic (exact) mass is 411 g/mol. The van der Waals surface area contributed by atoms with E-state index in [4.69, 9.17) is 5.84 Å². The van der Waals surface area contributed by atoms with E-state index in [9.17, 15) is 16.8 Å². The largest absolute Gasteiger partial charge is 0.372 e. The van der Waals surface area contributed by atoms with E-state index < -0.39 is 19.7 Å². The van der Waals surface area contributed by atoms with Crippen molar-refractivity contribution in [3.63, 3.8) is 0 Å². The Morgan fingerprint density at radius 1 is 0.815 bits per heavy atom. The summed E-state index contributed by atoms with van der Waals surface area (Å²) in [5.74, 6) is 6.17. The van der Waals surface area contributed by atoms with Crippen LogP contribution in [0.4, 0.5) is 17.1 Å². The van der Waals surface area contributed by atoms with Crippen molar-refractivity contribution in [2.24, 2.45) is 5.84 Å². The number of benzene rings is 2. The minimum Gasteiger partial charge on any atom is -0.372 e. The van der Waals surface area contributed by atoms with Gasteiger partial charge in [0, 0.05) is 31.3 Å². The van der Waals surface area contributed by atoms with Crippen LogP contribution in [-0.2, 0) is 19.7 Å². The van der Waals surface area contributed by atoms with E-state index in [0.717, 1.165) is 31.3 Å². The lowest BCUT2D eigenvalue weighted by atomic mass is 10.2. The number of sulfone groups is 2. The van der Waals surface area contributed by atoms with E-state index in [1.165, 1.54) is 17.1 Å². The molecule has 0 bridgehead atoms. The molecule has 0 amide bonds. The van der Waals surface area contributed by atoms with Crippen LogP contribution in [0.2, 0.25) is 0 Å². The molecular weight excluding hydrogens is 386 g/mol. The minimum absolute atomic E-state index is 0.113. The van der Waals surface area contributed by atoms with Crippen molar-refractivity contribution >= 4 is 36.7 Å². The summed E-state index contributed by atoms with van der Waals surface area (Å²) in [6.45, 7) is 5.49. The summed E-state index contributed by atoms with van der Waals surface area (Å²) in [4.78, 5) is 2.32. The molecule has 2 N–H and O–H groups in total. The second-order valence-electron chi connectivity index (χ2n) is 6.23. The van der Waals surface area contributed by atoms with Crippen molar-refractivity contribution in [1.29, 1.82) is 0 Å². The fraction of sp³-hybridized carbons (Fsp3) is 0.333. The minimum atomic E-state index is -3.53. The highest BCUT2D eigenvalue weighted by molar-refractivity contribution is 7.91. The lowest BCUT2D eigenvalue weighted by Crippen LogP contribution is -2.27. The predicted octanol–water partition coefficient (Wildman–Crippen LogP) is 2.35. The SMILES string of the molecule is CCN(CC)c1ccc(N(N)c2ccc(S(C)(=O)=O)cc2)c(S(C)(=O)=O)c1. The van der Waals surface area contributed by atoms with Crippen LogP contribution in [-0.4, -0.2) is 42.4 Å². The zero-order valence-corrected chi connectivity index (χ0v) is 17.5. The molecule has 0 saturated heterocycles. The standard InChI is InChI=1S/C18H25N3O4S2/c1-5-20(6-2)15-9-12-17(18(13-15)27(4,24)25)21(19)14-7-10-16(11-8-14)26(3,22)23/h7-13H,5-6,19H2,1-4H3. The molecule has 0 radical (unpaired) electrons. The molecule has 0 aliphatic heterocycles. The van der Waals surface area contributed by atoms with Gasteiger partial charge in [-0.25, -0.2) is 22.7 Å². The molecule has 9 heteroatoms. The molecule has 148 valence electrons. The second-order valence-corrected chi connectivity index (χ2v) is 10.2. The molecule has 0 aliphatic carbocycles. The van der Waals surface area contributed by atoms with Crippen LogP contribution in [0.25, 0.3) is 0 Å². The van der Waals surface area contributed by atoms with Crippen LogP contribution in [0.1, 0.15) is 13.8 Å². The molecule has 0 spiro atoms. The Hall–Kier alpha value is -2.10. The van der Waals surface area contributed by atoms with Crippen LogP contribution in [0.3, 0.4) is 0 Å². The summed E-state index contributed by atoms with van der Waals surface area (Å²) < 4.78 is 47.9. The van der Waals surface area contributed by atoms with Crippen LogP contribution in [0, 0.1) is 0 Å². The third-order valence-corrected chi connectivity index (χ3v) is 6.53. The molecule has 2 aromatic rings. The van der Waals surface area contributed by atoms with E-state index in [1.54, 1.807) is 24.3 Å². The van der Waals surface area contributed by atoms with E-state index in [0.29, 0.717) is 11.4 Å². The molecule has 0 saturated carbocycles. The van der Waals surface area contributed by atoms with Crippen molar-refractivity contribution in [3.05, 3.63) is 42.5 Å². The number of hydrazine groups is 1. The van der Waals surface area contributed by atoms with Crippen molar-refractivity contribution in [3.8, 4) is 0 Å². The first-order chi connectivity index (χ1) is 12.5. The summed E-state index contributed by atoms with van der Waals surface area (Å²) in [5.41, 5.74) is 1.59. The van der Waals surface area contributed by atoms with Gasteiger partial charge in [0.15, 0.2) is 19.7 Å². The molecule has 0 heterocycles. The summed E-state index contributed by atoms with van der Waals surface area (Å²) in [6.07, 6.45) is 2.26. The van der Waals surface area contributed by atoms with Gasteiger partial charge in [-0.05, 0) is 56.3 Å². The van der Waals surface area contributed by atoms with Gasteiger partial charge in [0.2, 0.25) is 0 Å². The maximum atomic E-state index is 12.3. The average Bonchev–Trinajstić information content (AvgIpc) is 2.61. The number of hydrogen-bond donors (Lipinski definition) is 1. The summed E-state index contributed by atoms with van der Waals surface area (Å²) in [6, 6.07) is 11.1. The Kier molecular flexibility index (Phi) is 6.18. The summed E-state index contributed by atoms with van der Waals surface area (Å²) >= 11 is 0. The molecule has 0 unspecified atom stereocenters. The first kappa shape index (κ1) is 21.2. The topological polar surface area (TPSA) is 101 Å². The van der Waals surface area contributed by atoms with E-state index in [2.05, 4.69) is 0 Å². The zero-order chi connectivity index (χ0) is 20.4. The molecule has 2 aromatic carbocycles. The van der Waals surface area contributed by atoms with Crippen LogP contribution < -0.4 is 15.8 Å². The van der Waals surface area contributed by atoms with Gasteiger partial charge in [-0.2, -0.15) is 0 Å². The van der Waals surface area contributed by atoms with E-state index in [1.807, 2.05) is 24.8 Å². The molecule has 0 atom stereocenters. The fourth-order valence-corrected chi connectivity index (χ4v) is 4.29. The Morgan fingerprint density at radius 3 is 1.78 bits per heavy atom. The normalized spacial score (nSPS) is 12.0. The molecule has 0 fully saturated rings. The molecule has 7 nitrogen and oxygen atoms in total. The maximum absolute atomic E-state index is 12.3. The Bertz CT molecular complexity index is 1010. The average molecular weight is 412 g/mol. The van der Waals surface area contributed by atoms with Gasteiger partial charge in [-0.3, -0.25) is 5.01 Å². The van der Waals surface area contributed by atoms with Crippen molar-refractivity contribution in [2.45, 2.75) is 23.6 Å². The number of hydrogen-bond acceptors (Lipinski definition) is 7. The van der Waals surface area contributed by atoms with Crippen LogP contribution in [0.5, 0.6) is 0 Å². The highest BCUT2D eigenvalue weighted by Gasteiger charge is 2.20. The van der Waals surface area contributed by atoms with Gasteiger partial charge in [0.05, 0.1) is 21.2 Å². The second kappa shape index (κ2) is 7.87. The fourth-order valence-electron chi connectivity index (χ4n) is 2.78. The van der Waals surface area contributed by atoms with Gasteiger partial charge in [-0.15, -0.1) is 0 Å². The summed E-state index contributed by atoms with van der Waals surface area (Å²) in [5, 5.41) is 1.24. The molecule has 0 aromatic heterocycles. The van der Waals surface area contributed by atoms with Gasteiger partial charge in [-0.1, -0.05) is 0 Å². The number of rotatable bonds is 7. The quantitative estimate of drug-likeness (QED) is 0.551. The number of anilines is 3. The number of nitrogens with zero attached hydrogens (tertiary/aromatic N) is 2. The van der Waals surface area contributed by atoms with Crippen molar-refractivity contribution in [1.82, 2.24) is 0 Å². The predicted molar refractivity (Wildman–Crippen MR) is 109 cm³/mol. The van der Waals surface area contributed by atoms with Gasteiger partial charge in [0.25, 0.3) is 0 Å². The molecule has 2 rings (SSSR count). The lowest BCUT2D eigenvalue weighted by molar-refractivity contribution is 0.600. The van der Waals surface area contributed by atoms with E-state index in [-0.39, 0.29) is 9.79 Å². The third-order valence-electron chi connectivity index (χ3n) is 4.27. The highest BCUT2D eigenvalue weighted by atomic mass is 32.2. The van der Waals surface area contributed by atoms with E-state index >= 15 is 0 Å². The number of nitrogens with two attached hydrogens (primary N) is 1. The zero-order valence-electron chi connectivity index (χ0n) is 15.9. The first-order valence-electron chi connectivity index (χ1n) is 8.43. The third kappa shape index (κ3) is 4.79. The molecule has 27 heavy (non-hydrogen) atoms. The first-order valence-corrected chi connectivity index (χ1v) is 12.2. The Labute approximate surface area is 161 Å². The van der Waals surface area contributed by atoms with Crippen LogP contribution in [0.15, 0.2) is 52.3 Å². The molecular formula is C18H25N3O4S2.